The topological polar surface area (TPSA) is 87.3 Å². The van der Waals surface area contributed by atoms with Crippen LogP contribution in [0.3, 0.4) is 0 Å². The van der Waals surface area contributed by atoms with Gasteiger partial charge in [-0.15, -0.1) is 10.2 Å². The van der Waals surface area contributed by atoms with Gasteiger partial charge in [-0.25, -0.2) is 4.98 Å². The first kappa shape index (κ1) is 6.47. The molecule has 0 bridgehead atoms. The summed E-state index contributed by atoms with van der Waals surface area (Å²) in [6.07, 6.45) is 0. The normalized spacial score (nSPS) is 10.6. The lowest BCUT2D eigenvalue weighted by atomic mass is 10.6. The summed E-state index contributed by atoms with van der Waals surface area (Å²) in [7, 11) is 0. The molecule has 0 saturated heterocycles. The highest BCUT2D eigenvalue weighted by molar-refractivity contribution is 9.10. The zero-order valence-electron chi connectivity index (χ0n) is 5.13. The molecule has 2 rings (SSSR count). The molecule has 0 aromatic carbocycles. The largest absolute Gasteiger partial charge is 0.299 e. The van der Waals surface area contributed by atoms with Crippen molar-refractivity contribution >= 4 is 27.1 Å². The average Bonchev–Trinajstić information content (AvgIpc) is 2.34. The van der Waals surface area contributed by atoms with Crippen molar-refractivity contribution in [3.63, 3.8) is 0 Å². The van der Waals surface area contributed by atoms with Crippen molar-refractivity contribution in [2.24, 2.45) is 0 Å². The maximum Gasteiger partial charge on any atom is 0.281 e. The van der Waals surface area contributed by atoms with Crippen molar-refractivity contribution in [2.45, 2.75) is 0 Å². The molecule has 0 spiro atoms. The van der Waals surface area contributed by atoms with Crippen LogP contribution in [0.4, 0.5) is 0 Å². The molecule has 0 aliphatic heterocycles. The highest BCUT2D eigenvalue weighted by Gasteiger charge is 2.04. The summed E-state index contributed by atoms with van der Waals surface area (Å²) in [6, 6.07) is 0. The number of rotatable bonds is 0. The Morgan fingerprint density at radius 1 is 1.36 bits per heavy atom. The number of hydrogen-bond donors (Lipinski definition) is 2. The molecule has 7 heteroatoms. The Morgan fingerprint density at radius 2 is 2.18 bits per heavy atom. The SMILES string of the molecule is O=c1[nH]c(Br)nc2n[nH]nc12. The minimum absolute atomic E-state index is 0.216. The van der Waals surface area contributed by atoms with Crippen molar-refractivity contribution in [3.8, 4) is 0 Å². The molecule has 6 nitrogen and oxygen atoms in total. The van der Waals surface area contributed by atoms with Crippen LogP contribution in [-0.4, -0.2) is 25.4 Å². The molecule has 56 valence electrons. The highest BCUT2D eigenvalue weighted by Crippen LogP contribution is 2.01. The van der Waals surface area contributed by atoms with E-state index in [1.807, 2.05) is 0 Å². The summed E-state index contributed by atoms with van der Waals surface area (Å²) in [5.74, 6) is 0. The first-order chi connectivity index (χ1) is 5.27. The number of hydrogen-bond acceptors (Lipinski definition) is 4. The van der Waals surface area contributed by atoms with E-state index in [0.717, 1.165) is 0 Å². The first-order valence-corrected chi connectivity index (χ1v) is 3.53. The molecular formula is C4H2BrN5O. The van der Waals surface area contributed by atoms with E-state index in [2.05, 4.69) is 41.3 Å². The fraction of sp³-hybridized carbons (Fsp3) is 0. The molecule has 0 radical (unpaired) electrons. The van der Waals surface area contributed by atoms with E-state index >= 15 is 0 Å². The Balaban J connectivity index is 3.02. The van der Waals surface area contributed by atoms with Gasteiger partial charge in [-0.05, 0) is 15.9 Å². The fourth-order valence-corrected chi connectivity index (χ4v) is 1.08. The highest BCUT2D eigenvalue weighted by atomic mass is 79.9. The van der Waals surface area contributed by atoms with E-state index in [1.54, 1.807) is 0 Å². The molecular weight excluding hydrogens is 214 g/mol. The number of nitrogens with one attached hydrogen (secondary N) is 2. The Labute approximate surface area is 68.2 Å². The number of halogens is 1. The minimum Gasteiger partial charge on any atom is -0.299 e. The van der Waals surface area contributed by atoms with Gasteiger partial charge in [0.2, 0.25) is 5.65 Å². The van der Waals surface area contributed by atoms with Crippen LogP contribution in [0.25, 0.3) is 11.2 Å². The third-order valence-corrected chi connectivity index (χ3v) is 1.54. The van der Waals surface area contributed by atoms with Crippen LogP contribution in [0.1, 0.15) is 0 Å². The van der Waals surface area contributed by atoms with Gasteiger partial charge in [-0.3, -0.25) is 9.78 Å². The molecule has 2 aromatic heterocycles. The molecule has 0 atom stereocenters. The average molecular weight is 216 g/mol. The van der Waals surface area contributed by atoms with Crippen molar-refractivity contribution < 1.29 is 0 Å². The van der Waals surface area contributed by atoms with Crippen molar-refractivity contribution in [3.05, 3.63) is 15.1 Å². The quantitative estimate of drug-likeness (QED) is 0.597. The second-order valence-corrected chi connectivity index (χ2v) is 2.60. The van der Waals surface area contributed by atoms with E-state index in [1.165, 1.54) is 0 Å². The predicted octanol–water partition coefficient (Wildman–Crippen LogP) is -0.196. The molecule has 2 N–H and O–H groups in total. The summed E-state index contributed by atoms with van der Waals surface area (Å²) >= 11 is 3.02. The third kappa shape index (κ3) is 0.929. The number of aromatic amines is 2. The summed E-state index contributed by atoms with van der Waals surface area (Å²) in [5, 5.41) is 9.54. The van der Waals surface area contributed by atoms with Gasteiger partial charge in [-0.2, -0.15) is 5.21 Å². The monoisotopic (exact) mass is 215 g/mol. The first-order valence-electron chi connectivity index (χ1n) is 2.73. The summed E-state index contributed by atoms with van der Waals surface area (Å²) in [6.45, 7) is 0. The van der Waals surface area contributed by atoms with E-state index in [0.29, 0.717) is 10.4 Å². The Hall–Kier alpha value is -1.24. The van der Waals surface area contributed by atoms with Crippen molar-refractivity contribution in [1.29, 1.82) is 0 Å². The van der Waals surface area contributed by atoms with E-state index in [4.69, 9.17) is 0 Å². The van der Waals surface area contributed by atoms with Gasteiger partial charge < -0.3 is 0 Å². The maximum atomic E-state index is 11.0. The van der Waals surface area contributed by atoms with Crippen LogP contribution in [0.5, 0.6) is 0 Å². The van der Waals surface area contributed by atoms with Gasteiger partial charge in [0.15, 0.2) is 10.3 Å². The lowest BCUT2D eigenvalue weighted by Crippen LogP contribution is -2.07. The van der Waals surface area contributed by atoms with Gasteiger partial charge in [0, 0.05) is 0 Å². The fourth-order valence-electron chi connectivity index (χ4n) is 0.729. The zero-order chi connectivity index (χ0) is 7.84. The van der Waals surface area contributed by atoms with Gasteiger partial charge in [0.05, 0.1) is 0 Å². The molecule has 2 aromatic rings. The molecule has 0 saturated carbocycles. The lowest BCUT2D eigenvalue weighted by Gasteiger charge is -1.85. The second kappa shape index (κ2) is 2.12. The molecule has 0 amide bonds. The van der Waals surface area contributed by atoms with E-state index < -0.39 is 0 Å². The van der Waals surface area contributed by atoms with Crippen molar-refractivity contribution in [1.82, 2.24) is 25.4 Å². The van der Waals surface area contributed by atoms with Crippen LogP contribution in [0.2, 0.25) is 0 Å². The number of aromatic nitrogens is 5. The molecule has 0 unspecified atom stereocenters. The van der Waals surface area contributed by atoms with Crippen LogP contribution in [0, 0.1) is 0 Å². The molecule has 0 aliphatic rings. The standard InChI is InChI=1S/C4H2BrN5O/c5-4-6-2-1(3(11)7-4)8-10-9-2/h(H2,6,7,8,9,10,11). The number of H-pyrrole nitrogens is 2. The summed E-state index contributed by atoms with van der Waals surface area (Å²) in [4.78, 5) is 17.3. The number of nitrogens with zero attached hydrogens (tertiary/aromatic N) is 3. The van der Waals surface area contributed by atoms with Gasteiger partial charge >= 0.3 is 0 Å². The Kier molecular flexibility index (Phi) is 1.25. The minimum atomic E-state index is -0.310. The molecule has 11 heavy (non-hydrogen) atoms. The molecule has 0 aliphatic carbocycles. The lowest BCUT2D eigenvalue weighted by molar-refractivity contribution is 0.953. The van der Waals surface area contributed by atoms with Crippen LogP contribution in [0.15, 0.2) is 9.53 Å². The smallest absolute Gasteiger partial charge is 0.281 e. The predicted molar refractivity (Wildman–Crippen MR) is 40.0 cm³/mol. The van der Waals surface area contributed by atoms with Gasteiger partial charge in [0.1, 0.15) is 0 Å². The summed E-state index contributed by atoms with van der Waals surface area (Å²) in [5.41, 5.74) is 0.212. The summed E-state index contributed by atoms with van der Waals surface area (Å²) < 4.78 is 0.351. The van der Waals surface area contributed by atoms with Gasteiger partial charge in [-0.1, -0.05) is 0 Å². The second-order valence-electron chi connectivity index (χ2n) is 1.85. The third-order valence-electron chi connectivity index (χ3n) is 1.17. The van der Waals surface area contributed by atoms with Gasteiger partial charge in [0.25, 0.3) is 5.56 Å². The van der Waals surface area contributed by atoms with E-state index in [-0.39, 0.29) is 11.1 Å². The number of fused-ring (bicyclic) bond motifs is 1. The molecule has 2 heterocycles. The maximum absolute atomic E-state index is 11.0. The Morgan fingerprint density at radius 3 is 3.00 bits per heavy atom. The van der Waals surface area contributed by atoms with Crippen LogP contribution >= 0.6 is 15.9 Å². The molecule has 0 fully saturated rings. The zero-order valence-corrected chi connectivity index (χ0v) is 6.71. The van der Waals surface area contributed by atoms with E-state index in [9.17, 15) is 4.79 Å². The van der Waals surface area contributed by atoms with Crippen molar-refractivity contribution in [2.75, 3.05) is 0 Å². The van der Waals surface area contributed by atoms with Crippen LogP contribution in [-0.2, 0) is 0 Å². The Bertz CT molecular complexity index is 445. The van der Waals surface area contributed by atoms with Crippen LogP contribution < -0.4 is 5.56 Å².